The highest BCUT2D eigenvalue weighted by atomic mass is 32.1. The molecule has 2 aromatic heterocycles. The lowest BCUT2D eigenvalue weighted by atomic mass is 9.95. The molecule has 1 aliphatic rings. The number of hydrogen-bond acceptors (Lipinski definition) is 6. The number of halogens is 1. The topological polar surface area (TPSA) is 112 Å². The van der Waals surface area contributed by atoms with Gasteiger partial charge < -0.3 is 15.3 Å². The minimum atomic E-state index is -0.939. The molecule has 1 atom stereocenters. The molecule has 0 radical (unpaired) electrons. The Kier molecular flexibility index (Phi) is 10.7. The van der Waals surface area contributed by atoms with E-state index in [1.807, 2.05) is 48.5 Å². The maximum Gasteiger partial charge on any atom is 0.310 e. The molecule has 5 aromatic rings. The molecule has 52 heavy (non-hydrogen) atoms. The van der Waals surface area contributed by atoms with Crippen LogP contribution in [0.25, 0.3) is 33.6 Å². The third-order valence-corrected chi connectivity index (χ3v) is 10.7. The molecular weight excluding hydrogens is 676 g/mol. The first-order valence-electron chi connectivity index (χ1n) is 17.5. The van der Waals surface area contributed by atoms with Gasteiger partial charge in [0.2, 0.25) is 5.91 Å². The third kappa shape index (κ3) is 8.45. The van der Waals surface area contributed by atoms with Crippen molar-refractivity contribution >= 4 is 29.1 Å². The standard InChI is InChI=1S/C42H43FN4O4S/c1-25(2)18-26-6-10-28(11-7-26)30-14-15-33(34(43)20-30)31-21-44-38(45-22-31)29-12-8-27(9-13-29)19-35(40(49)47-23-32(24-47)41(50)51)46-39(48)36-16-17-37(52-36)42(3,4)5/h6-17,20-22,25,32,35H,18-19,23-24H2,1-5H3,(H,46,48)(H,50,51)/t35-/m0/s1. The van der Waals surface area contributed by atoms with Crippen LogP contribution in [0, 0.1) is 17.7 Å². The summed E-state index contributed by atoms with van der Waals surface area (Å²) in [5.74, 6) is -1.54. The van der Waals surface area contributed by atoms with Crippen LogP contribution in [0.2, 0.25) is 0 Å². The molecule has 3 heterocycles. The number of rotatable bonds is 11. The molecule has 3 aromatic carbocycles. The zero-order valence-electron chi connectivity index (χ0n) is 30.0. The van der Waals surface area contributed by atoms with Crippen molar-refractivity contribution in [3.63, 3.8) is 0 Å². The van der Waals surface area contributed by atoms with Crippen LogP contribution in [0.4, 0.5) is 4.39 Å². The lowest BCUT2D eigenvalue weighted by Crippen LogP contribution is -2.59. The summed E-state index contributed by atoms with van der Waals surface area (Å²) in [6, 6.07) is 23.6. The molecule has 268 valence electrons. The van der Waals surface area contributed by atoms with Crippen molar-refractivity contribution in [1.82, 2.24) is 20.2 Å². The average Bonchev–Trinajstić information content (AvgIpc) is 3.60. The highest BCUT2D eigenvalue weighted by Crippen LogP contribution is 2.31. The van der Waals surface area contributed by atoms with Crippen molar-refractivity contribution in [2.45, 2.75) is 58.9 Å². The van der Waals surface area contributed by atoms with Crippen LogP contribution in [-0.2, 0) is 27.8 Å². The number of nitrogens with zero attached hydrogens (tertiary/aromatic N) is 3. The monoisotopic (exact) mass is 718 g/mol. The molecule has 8 nitrogen and oxygen atoms in total. The number of aromatic nitrogens is 2. The Balaban J connectivity index is 1.14. The zero-order valence-corrected chi connectivity index (χ0v) is 30.8. The lowest BCUT2D eigenvalue weighted by molar-refractivity contribution is -0.153. The number of hydrogen-bond donors (Lipinski definition) is 2. The second-order valence-corrected chi connectivity index (χ2v) is 16.0. The van der Waals surface area contributed by atoms with E-state index in [-0.39, 0.29) is 42.6 Å². The zero-order chi connectivity index (χ0) is 37.2. The maximum absolute atomic E-state index is 15.3. The Bertz CT molecular complexity index is 2060. The first-order chi connectivity index (χ1) is 24.7. The van der Waals surface area contributed by atoms with Gasteiger partial charge in [0, 0.05) is 53.5 Å². The van der Waals surface area contributed by atoms with Gasteiger partial charge in [0.25, 0.3) is 5.91 Å². The minimum Gasteiger partial charge on any atom is -0.481 e. The number of thiophene rings is 1. The summed E-state index contributed by atoms with van der Waals surface area (Å²) in [4.78, 5) is 50.2. The molecule has 6 rings (SSSR count). The Morgan fingerprint density at radius 1 is 0.846 bits per heavy atom. The number of carboxylic acids is 1. The van der Waals surface area contributed by atoms with Crippen molar-refractivity contribution in [1.29, 1.82) is 0 Å². The molecule has 2 amide bonds. The number of nitrogens with one attached hydrogen (secondary N) is 1. The first kappa shape index (κ1) is 36.6. The van der Waals surface area contributed by atoms with E-state index >= 15 is 4.39 Å². The SMILES string of the molecule is CC(C)Cc1ccc(-c2ccc(-c3cnc(-c4ccc(C[C@H](NC(=O)c5ccc(C(C)(C)C)s5)C(=O)N5CC(C(=O)O)C5)cc4)nc3)c(F)c2)cc1. The fraction of sp³-hybridized carbons (Fsp3) is 0.310. The average molecular weight is 719 g/mol. The van der Waals surface area contributed by atoms with Crippen molar-refractivity contribution in [3.05, 3.63) is 118 Å². The molecule has 1 saturated heterocycles. The Morgan fingerprint density at radius 2 is 1.44 bits per heavy atom. The van der Waals surface area contributed by atoms with Gasteiger partial charge in [-0.3, -0.25) is 14.4 Å². The Hall–Kier alpha value is -5.22. The number of carboxylic acid groups (broad SMARTS) is 1. The Morgan fingerprint density at radius 3 is 2.00 bits per heavy atom. The van der Waals surface area contributed by atoms with E-state index in [1.54, 1.807) is 24.5 Å². The molecule has 0 aliphatic carbocycles. The van der Waals surface area contributed by atoms with Gasteiger partial charge in [0.1, 0.15) is 11.9 Å². The minimum absolute atomic E-state index is 0.111. The van der Waals surface area contributed by atoms with Gasteiger partial charge in [-0.05, 0) is 58.2 Å². The molecule has 0 unspecified atom stereocenters. The largest absolute Gasteiger partial charge is 0.481 e. The fourth-order valence-electron chi connectivity index (χ4n) is 6.20. The van der Waals surface area contributed by atoms with E-state index < -0.39 is 17.9 Å². The lowest BCUT2D eigenvalue weighted by Gasteiger charge is -2.38. The maximum atomic E-state index is 15.3. The van der Waals surface area contributed by atoms with Crippen molar-refractivity contribution < 1.29 is 23.9 Å². The first-order valence-corrected chi connectivity index (χ1v) is 18.3. The van der Waals surface area contributed by atoms with Crippen molar-refractivity contribution in [2.75, 3.05) is 13.1 Å². The van der Waals surface area contributed by atoms with Crippen LogP contribution >= 0.6 is 11.3 Å². The predicted molar refractivity (Wildman–Crippen MR) is 203 cm³/mol. The van der Waals surface area contributed by atoms with Gasteiger partial charge in [-0.1, -0.05) is 95.3 Å². The normalized spacial score (nSPS) is 13.9. The molecule has 10 heteroatoms. The van der Waals surface area contributed by atoms with E-state index in [4.69, 9.17) is 0 Å². The van der Waals surface area contributed by atoms with Crippen LogP contribution in [0.3, 0.4) is 0 Å². The summed E-state index contributed by atoms with van der Waals surface area (Å²) >= 11 is 1.39. The fourth-order valence-corrected chi connectivity index (χ4v) is 7.17. The van der Waals surface area contributed by atoms with E-state index in [0.29, 0.717) is 27.7 Å². The van der Waals surface area contributed by atoms with Crippen molar-refractivity contribution in [2.24, 2.45) is 11.8 Å². The molecule has 1 fully saturated rings. The molecular formula is C42H43FN4O4S. The highest BCUT2D eigenvalue weighted by molar-refractivity contribution is 7.14. The highest BCUT2D eigenvalue weighted by Gasteiger charge is 2.39. The summed E-state index contributed by atoms with van der Waals surface area (Å²) in [7, 11) is 0. The number of carbonyl (C=O) groups excluding carboxylic acids is 2. The summed E-state index contributed by atoms with van der Waals surface area (Å²) in [6.45, 7) is 10.8. The van der Waals surface area contributed by atoms with E-state index in [2.05, 4.69) is 62.0 Å². The van der Waals surface area contributed by atoms with Crippen LogP contribution in [-0.4, -0.2) is 56.9 Å². The van der Waals surface area contributed by atoms with Gasteiger partial charge >= 0.3 is 5.97 Å². The summed E-state index contributed by atoms with van der Waals surface area (Å²) in [5, 5.41) is 12.2. The van der Waals surface area contributed by atoms with Crippen LogP contribution in [0.15, 0.2) is 91.3 Å². The molecule has 0 spiro atoms. The van der Waals surface area contributed by atoms with Gasteiger partial charge in [0.15, 0.2) is 5.82 Å². The van der Waals surface area contributed by atoms with Crippen LogP contribution in [0.1, 0.15) is 60.3 Å². The number of likely N-dealkylation sites (tertiary alicyclic amines) is 1. The number of aliphatic carboxylic acids is 1. The van der Waals surface area contributed by atoms with Gasteiger partial charge in [0.05, 0.1) is 10.8 Å². The Labute approximate surface area is 307 Å². The van der Waals surface area contributed by atoms with E-state index in [0.717, 1.165) is 33.6 Å². The summed E-state index contributed by atoms with van der Waals surface area (Å²) in [6.07, 6.45) is 4.42. The van der Waals surface area contributed by atoms with Gasteiger partial charge in [-0.15, -0.1) is 11.3 Å². The second kappa shape index (κ2) is 15.2. The molecule has 2 N–H and O–H groups in total. The number of benzene rings is 3. The van der Waals surface area contributed by atoms with Crippen LogP contribution in [0.5, 0.6) is 0 Å². The van der Waals surface area contributed by atoms with Crippen molar-refractivity contribution in [3.8, 4) is 33.6 Å². The summed E-state index contributed by atoms with van der Waals surface area (Å²) in [5.41, 5.74) is 5.40. The van der Waals surface area contributed by atoms with E-state index in [9.17, 15) is 19.5 Å². The van der Waals surface area contributed by atoms with E-state index in [1.165, 1.54) is 27.9 Å². The molecule has 0 bridgehead atoms. The van der Waals surface area contributed by atoms with Gasteiger partial charge in [-0.25, -0.2) is 14.4 Å². The third-order valence-electron chi connectivity index (χ3n) is 9.23. The second-order valence-electron chi connectivity index (χ2n) is 14.9. The number of amides is 2. The summed E-state index contributed by atoms with van der Waals surface area (Å²) < 4.78 is 15.3. The van der Waals surface area contributed by atoms with Gasteiger partial charge in [-0.2, -0.15) is 0 Å². The quantitative estimate of drug-likeness (QED) is 0.143. The molecule has 0 saturated carbocycles. The smallest absolute Gasteiger partial charge is 0.310 e. The molecule has 1 aliphatic heterocycles. The predicted octanol–water partition coefficient (Wildman–Crippen LogP) is 8.06. The number of carbonyl (C=O) groups is 3. The van der Waals surface area contributed by atoms with Crippen LogP contribution < -0.4 is 5.32 Å².